The zero-order chi connectivity index (χ0) is 21.0. The highest BCUT2D eigenvalue weighted by atomic mass is 35.5. The molecule has 0 radical (unpaired) electrons. The van der Waals surface area contributed by atoms with Crippen LogP contribution in [0, 0.1) is 0 Å². The summed E-state index contributed by atoms with van der Waals surface area (Å²) in [6.45, 7) is 4.93. The van der Waals surface area contributed by atoms with E-state index in [-0.39, 0.29) is 23.2 Å². The Hall–Kier alpha value is -2.13. The number of sulfonamides is 1. The summed E-state index contributed by atoms with van der Waals surface area (Å²) in [7, 11) is -3.43. The molecule has 2 heterocycles. The Morgan fingerprint density at radius 2 is 1.45 bits per heavy atom. The highest BCUT2D eigenvalue weighted by molar-refractivity contribution is 7.89. The van der Waals surface area contributed by atoms with E-state index in [4.69, 9.17) is 0 Å². The summed E-state index contributed by atoms with van der Waals surface area (Å²) in [6.07, 6.45) is 1.82. The normalized spacial score (nSPS) is 17.9. The summed E-state index contributed by atoms with van der Waals surface area (Å²) in [6, 6.07) is 16.8. The van der Waals surface area contributed by atoms with Gasteiger partial charge >= 0.3 is 0 Å². The fourth-order valence-electron chi connectivity index (χ4n) is 3.99. The third-order valence-electron chi connectivity index (χ3n) is 5.70. The van der Waals surface area contributed by atoms with Crippen LogP contribution in [0.25, 0.3) is 0 Å². The van der Waals surface area contributed by atoms with E-state index in [1.54, 1.807) is 24.3 Å². The number of hydrogen-bond acceptors (Lipinski definition) is 5. The molecule has 0 atom stereocenters. The summed E-state index contributed by atoms with van der Waals surface area (Å²) in [5.74, 6) is -0.0849. The van der Waals surface area contributed by atoms with E-state index in [1.165, 1.54) is 9.99 Å². The lowest BCUT2D eigenvalue weighted by Crippen LogP contribution is -2.48. The van der Waals surface area contributed by atoms with Crippen molar-refractivity contribution < 1.29 is 13.2 Å². The quantitative estimate of drug-likeness (QED) is 0.711. The Balaban J connectivity index is 0.00000272. The van der Waals surface area contributed by atoms with Crippen molar-refractivity contribution >= 4 is 39.7 Å². The van der Waals surface area contributed by atoms with Gasteiger partial charge in [-0.05, 0) is 49.2 Å². The maximum absolute atomic E-state index is 12.6. The third-order valence-corrected chi connectivity index (χ3v) is 7.61. The van der Waals surface area contributed by atoms with Crippen LogP contribution in [0.2, 0.25) is 0 Å². The molecule has 9 heteroatoms. The van der Waals surface area contributed by atoms with Crippen molar-refractivity contribution in [2.45, 2.75) is 17.7 Å². The van der Waals surface area contributed by atoms with Gasteiger partial charge in [-0.1, -0.05) is 18.2 Å². The van der Waals surface area contributed by atoms with E-state index in [2.05, 4.69) is 27.2 Å². The molecule has 1 amide bonds. The number of halogens is 1. The van der Waals surface area contributed by atoms with Gasteiger partial charge in [-0.15, -0.1) is 12.4 Å². The summed E-state index contributed by atoms with van der Waals surface area (Å²) >= 11 is 0. The summed E-state index contributed by atoms with van der Waals surface area (Å²) in [5.41, 5.74) is 1.83. The maximum Gasteiger partial charge on any atom is 0.243 e. The average molecular weight is 465 g/mol. The van der Waals surface area contributed by atoms with E-state index >= 15 is 0 Å². The second-order valence-corrected chi connectivity index (χ2v) is 9.72. The Kier molecular flexibility index (Phi) is 7.94. The van der Waals surface area contributed by atoms with Gasteiger partial charge in [0.25, 0.3) is 0 Å². The van der Waals surface area contributed by atoms with Crippen molar-refractivity contribution in [3.8, 4) is 0 Å². The van der Waals surface area contributed by atoms with E-state index < -0.39 is 10.0 Å². The van der Waals surface area contributed by atoms with Crippen molar-refractivity contribution in [2.24, 2.45) is 0 Å². The first-order valence-corrected chi connectivity index (χ1v) is 11.9. The smallest absolute Gasteiger partial charge is 0.243 e. The summed E-state index contributed by atoms with van der Waals surface area (Å²) in [5, 5.41) is 2.88. The number of anilines is 2. The van der Waals surface area contributed by atoms with Crippen LogP contribution < -0.4 is 10.2 Å². The second kappa shape index (κ2) is 10.5. The van der Waals surface area contributed by atoms with E-state index in [0.29, 0.717) is 25.3 Å². The first-order chi connectivity index (χ1) is 14.5. The minimum Gasteiger partial charge on any atom is -0.369 e. The number of nitrogens with zero attached hydrogens (tertiary/aromatic N) is 3. The number of carbonyl (C=O) groups excluding carboxylic acids is 1. The summed E-state index contributed by atoms with van der Waals surface area (Å²) < 4.78 is 26.7. The Labute approximate surface area is 190 Å². The molecule has 0 aromatic heterocycles. The van der Waals surface area contributed by atoms with Crippen molar-refractivity contribution in [3.63, 3.8) is 0 Å². The Bertz CT molecular complexity index is 956. The van der Waals surface area contributed by atoms with Gasteiger partial charge in [-0.2, -0.15) is 4.31 Å². The predicted molar refractivity (Wildman–Crippen MR) is 125 cm³/mol. The Morgan fingerprint density at radius 1 is 0.839 bits per heavy atom. The number of piperazine rings is 1. The van der Waals surface area contributed by atoms with Gasteiger partial charge in [0.15, 0.2) is 0 Å². The van der Waals surface area contributed by atoms with Gasteiger partial charge < -0.3 is 10.2 Å². The molecule has 2 aliphatic rings. The van der Waals surface area contributed by atoms with Gasteiger partial charge in [-0.3, -0.25) is 9.69 Å². The highest BCUT2D eigenvalue weighted by Gasteiger charge is 2.27. The fraction of sp³-hybridized carbons (Fsp3) is 0.409. The molecule has 2 aromatic carbocycles. The van der Waals surface area contributed by atoms with E-state index in [0.717, 1.165) is 39.0 Å². The van der Waals surface area contributed by atoms with Crippen molar-refractivity contribution in [2.75, 3.05) is 56.0 Å². The van der Waals surface area contributed by atoms with Crippen LogP contribution in [-0.2, 0) is 14.8 Å². The number of hydrogen-bond donors (Lipinski definition) is 1. The molecule has 168 valence electrons. The lowest BCUT2D eigenvalue weighted by molar-refractivity contribution is -0.117. The largest absolute Gasteiger partial charge is 0.369 e. The Morgan fingerprint density at radius 3 is 2.06 bits per heavy atom. The van der Waals surface area contributed by atoms with Crippen molar-refractivity contribution in [1.82, 2.24) is 9.21 Å². The first-order valence-electron chi connectivity index (χ1n) is 10.4. The molecule has 1 N–H and O–H groups in total. The zero-order valence-corrected chi connectivity index (χ0v) is 19.1. The molecule has 2 aromatic rings. The minimum atomic E-state index is -3.43. The SMILES string of the molecule is Cl.O=C(CN1CCN(c2ccccc2)CC1)Nc1ccc(S(=O)(=O)N2CCCC2)cc1. The minimum absolute atomic E-state index is 0. The molecule has 2 saturated heterocycles. The topological polar surface area (TPSA) is 73.0 Å². The molecule has 2 aliphatic heterocycles. The molecule has 31 heavy (non-hydrogen) atoms. The van der Waals surface area contributed by atoms with Crippen LogP contribution >= 0.6 is 12.4 Å². The molecule has 7 nitrogen and oxygen atoms in total. The van der Waals surface area contributed by atoms with Crippen molar-refractivity contribution in [1.29, 1.82) is 0 Å². The molecule has 4 rings (SSSR count). The lowest BCUT2D eigenvalue weighted by Gasteiger charge is -2.35. The first kappa shape index (κ1) is 23.5. The average Bonchev–Trinajstić information content (AvgIpc) is 3.31. The molecule has 2 fully saturated rings. The van der Waals surface area contributed by atoms with Gasteiger partial charge in [-0.25, -0.2) is 8.42 Å². The molecular weight excluding hydrogens is 436 g/mol. The van der Waals surface area contributed by atoms with Gasteiger partial charge in [0.05, 0.1) is 11.4 Å². The number of benzene rings is 2. The number of nitrogens with one attached hydrogen (secondary N) is 1. The van der Waals surface area contributed by atoms with Crippen LogP contribution in [0.15, 0.2) is 59.5 Å². The highest BCUT2D eigenvalue weighted by Crippen LogP contribution is 2.22. The predicted octanol–water partition coefficient (Wildman–Crippen LogP) is 2.65. The molecule has 0 saturated carbocycles. The number of rotatable bonds is 6. The molecule has 0 aliphatic carbocycles. The van der Waals surface area contributed by atoms with Gasteiger partial charge in [0, 0.05) is 50.6 Å². The monoisotopic (exact) mass is 464 g/mol. The third kappa shape index (κ3) is 5.77. The number of amides is 1. The van der Waals surface area contributed by atoms with Crippen LogP contribution in [0.3, 0.4) is 0 Å². The molecule has 0 spiro atoms. The molecular formula is C22H29ClN4O3S. The van der Waals surface area contributed by atoms with E-state index in [9.17, 15) is 13.2 Å². The molecule has 0 unspecified atom stereocenters. The summed E-state index contributed by atoms with van der Waals surface area (Å²) in [4.78, 5) is 17.2. The van der Waals surface area contributed by atoms with Gasteiger partial charge in [0.1, 0.15) is 0 Å². The van der Waals surface area contributed by atoms with Crippen LogP contribution in [0.4, 0.5) is 11.4 Å². The fourth-order valence-corrected chi connectivity index (χ4v) is 5.51. The van der Waals surface area contributed by atoms with Crippen LogP contribution in [-0.4, -0.2) is 69.3 Å². The maximum atomic E-state index is 12.6. The zero-order valence-electron chi connectivity index (χ0n) is 17.4. The lowest BCUT2D eigenvalue weighted by atomic mass is 10.2. The number of carbonyl (C=O) groups is 1. The number of para-hydroxylation sites is 1. The standard InChI is InChI=1S/C22H28N4O3S.ClH/c27-22(18-24-14-16-25(17-15-24)20-6-2-1-3-7-20)23-19-8-10-21(11-9-19)30(28,29)26-12-4-5-13-26;/h1-3,6-11H,4-5,12-18H2,(H,23,27);1H. The van der Waals surface area contributed by atoms with Crippen molar-refractivity contribution in [3.05, 3.63) is 54.6 Å². The molecule has 0 bridgehead atoms. The van der Waals surface area contributed by atoms with E-state index in [1.807, 2.05) is 18.2 Å². The van der Waals surface area contributed by atoms with Crippen LogP contribution in [0.5, 0.6) is 0 Å². The second-order valence-electron chi connectivity index (χ2n) is 7.78. The van der Waals surface area contributed by atoms with Gasteiger partial charge in [0.2, 0.25) is 15.9 Å². The van der Waals surface area contributed by atoms with Crippen LogP contribution in [0.1, 0.15) is 12.8 Å².